The van der Waals surface area contributed by atoms with Crippen molar-refractivity contribution >= 4 is 0 Å². The van der Waals surface area contributed by atoms with Gasteiger partial charge in [-0.2, -0.15) is 0 Å². The molecule has 0 saturated heterocycles. The summed E-state index contributed by atoms with van der Waals surface area (Å²) in [4.78, 5) is 4.39. The third-order valence-corrected chi connectivity index (χ3v) is 3.47. The van der Waals surface area contributed by atoms with Gasteiger partial charge in [-0.3, -0.25) is 4.57 Å². The van der Waals surface area contributed by atoms with Crippen LogP contribution in [-0.4, -0.2) is 21.3 Å². The van der Waals surface area contributed by atoms with E-state index in [9.17, 15) is 0 Å². The molecule has 5 heteroatoms. The van der Waals surface area contributed by atoms with Crippen molar-refractivity contribution in [2.45, 2.75) is 13.3 Å². The lowest BCUT2D eigenvalue weighted by Crippen LogP contribution is -1.99. The Bertz CT molecular complexity index is 773. The van der Waals surface area contributed by atoms with E-state index in [-0.39, 0.29) is 0 Å². The Morgan fingerprint density at radius 2 is 2.25 bits per heavy atom. The first-order chi connectivity index (χ1) is 9.83. The summed E-state index contributed by atoms with van der Waals surface area (Å²) in [5.41, 5.74) is 3.14. The lowest BCUT2D eigenvalue weighted by molar-refractivity contribution is 0.357. The summed E-state index contributed by atoms with van der Waals surface area (Å²) in [5, 5.41) is 3.93. The van der Waals surface area contributed by atoms with Crippen LogP contribution in [0.3, 0.4) is 0 Å². The number of fused-ring (bicyclic) bond motifs is 1. The number of nitrogens with zero attached hydrogens (tertiary/aromatic N) is 3. The largest absolute Gasteiger partial charge is 0.493 e. The van der Waals surface area contributed by atoms with Gasteiger partial charge in [0.1, 0.15) is 5.75 Å². The predicted molar refractivity (Wildman–Crippen MR) is 73.0 cm³/mol. The van der Waals surface area contributed by atoms with Gasteiger partial charge in [0, 0.05) is 30.4 Å². The van der Waals surface area contributed by atoms with Crippen molar-refractivity contribution in [2.24, 2.45) is 0 Å². The van der Waals surface area contributed by atoms with Gasteiger partial charge in [0.15, 0.2) is 5.82 Å². The van der Waals surface area contributed by atoms with E-state index in [2.05, 4.69) is 16.2 Å². The standard InChI is InChI=1S/C15H13N3O2/c1-10-9-14(20-17-10)15-16-6-7-18(15)12-3-2-4-13-11(12)5-8-19-13/h2-4,6-7,9H,5,8H2,1H3. The molecule has 0 bridgehead atoms. The summed E-state index contributed by atoms with van der Waals surface area (Å²) in [5.74, 6) is 2.38. The molecule has 1 aromatic carbocycles. The van der Waals surface area contributed by atoms with E-state index in [0.29, 0.717) is 5.76 Å². The fourth-order valence-corrected chi connectivity index (χ4v) is 2.58. The number of hydrogen-bond donors (Lipinski definition) is 0. The summed E-state index contributed by atoms with van der Waals surface area (Å²) < 4.78 is 13.0. The summed E-state index contributed by atoms with van der Waals surface area (Å²) in [6.45, 7) is 2.63. The highest BCUT2D eigenvalue weighted by Crippen LogP contribution is 2.32. The van der Waals surface area contributed by atoms with Crippen molar-refractivity contribution in [1.82, 2.24) is 14.7 Å². The van der Waals surface area contributed by atoms with E-state index in [1.165, 1.54) is 5.56 Å². The maximum absolute atomic E-state index is 5.62. The van der Waals surface area contributed by atoms with Crippen LogP contribution in [0.25, 0.3) is 17.3 Å². The minimum Gasteiger partial charge on any atom is -0.493 e. The molecule has 3 heterocycles. The molecule has 20 heavy (non-hydrogen) atoms. The first kappa shape index (κ1) is 11.3. The van der Waals surface area contributed by atoms with Gasteiger partial charge in [-0.15, -0.1) is 0 Å². The van der Waals surface area contributed by atoms with Gasteiger partial charge in [-0.1, -0.05) is 11.2 Å². The molecule has 0 amide bonds. The van der Waals surface area contributed by atoms with Crippen LogP contribution in [0.5, 0.6) is 5.75 Å². The lowest BCUT2D eigenvalue weighted by atomic mass is 10.1. The van der Waals surface area contributed by atoms with Crippen molar-refractivity contribution in [1.29, 1.82) is 0 Å². The fraction of sp³-hybridized carbons (Fsp3) is 0.200. The van der Waals surface area contributed by atoms with Gasteiger partial charge < -0.3 is 9.26 Å². The number of hydrogen-bond acceptors (Lipinski definition) is 4. The first-order valence-corrected chi connectivity index (χ1v) is 6.55. The molecule has 100 valence electrons. The van der Waals surface area contributed by atoms with Crippen molar-refractivity contribution < 1.29 is 9.26 Å². The number of rotatable bonds is 2. The maximum Gasteiger partial charge on any atom is 0.202 e. The van der Waals surface area contributed by atoms with Gasteiger partial charge in [0.05, 0.1) is 18.0 Å². The van der Waals surface area contributed by atoms with Crippen LogP contribution in [0.1, 0.15) is 11.3 Å². The van der Waals surface area contributed by atoms with Crippen molar-refractivity contribution in [3.8, 4) is 23.0 Å². The average Bonchev–Trinajstić information content (AvgIpc) is 3.17. The molecule has 0 fully saturated rings. The van der Waals surface area contributed by atoms with Crippen LogP contribution in [0.4, 0.5) is 0 Å². The Kier molecular flexibility index (Phi) is 2.39. The molecule has 0 aliphatic carbocycles. The summed E-state index contributed by atoms with van der Waals surface area (Å²) >= 11 is 0. The van der Waals surface area contributed by atoms with Crippen LogP contribution in [0.15, 0.2) is 41.2 Å². The number of aromatic nitrogens is 3. The normalized spacial score (nSPS) is 13.2. The third kappa shape index (κ3) is 1.63. The van der Waals surface area contributed by atoms with E-state index < -0.39 is 0 Å². The predicted octanol–water partition coefficient (Wildman–Crippen LogP) is 2.77. The summed E-state index contributed by atoms with van der Waals surface area (Å²) in [6.07, 6.45) is 4.61. The maximum atomic E-state index is 5.62. The molecule has 0 unspecified atom stereocenters. The first-order valence-electron chi connectivity index (χ1n) is 6.55. The van der Waals surface area contributed by atoms with Gasteiger partial charge in [-0.25, -0.2) is 4.98 Å². The molecule has 0 atom stereocenters. The zero-order valence-electron chi connectivity index (χ0n) is 11.0. The molecular weight excluding hydrogens is 254 g/mol. The minimum absolute atomic E-state index is 0.670. The molecule has 0 N–H and O–H groups in total. The van der Waals surface area contributed by atoms with Crippen LogP contribution < -0.4 is 4.74 Å². The molecule has 0 saturated carbocycles. The zero-order valence-corrected chi connectivity index (χ0v) is 11.0. The van der Waals surface area contributed by atoms with Crippen molar-refractivity contribution in [3.63, 3.8) is 0 Å². The second-order valence-corrected chi connectivity index (χ2v) is 4.81. The second kappa shape index (κ2) is 4.23. The minimum atomic E-state index is 0.670. The average molecular weight is 267 g/mol. The molecule has 0 radical (unpaired) electrons. The van der Waals surface area contributed by atoms with Gasteiger partial charge in [0.25, 0.3) is 0 Å². The zero-order chi connectivity index (χ0) is 13.5. The van der Waals surface area contributed by atoms with Gasteiger partial charge in [0.2, 0.25) is 5.76 Å². The van der Waals surface area contributed by atoms with E-state index in [0.717, 1.165) is 36.0 Å². The number of aryl methyl sites for hydroxylation is 1. The molecule has 1 aliphatic heterocycles. The fourth-order valence-electron chi connectivity index (χ4n) is 2.58. The topological polar surface area (TPSA) is 53.1 Å². The number of benzene rings is 1. The van der Waals surface area contributed by atoms with Gasteiger partial charge >= 0.3 is 0 Å². The van der Waals surface area contributed by atoms with E-state index >= 15 is 0 Å². The molecule has 3 aromatic rings. The Balaban J connectivity index is 1.89. The highest BCUT2D eigenvalue weighted by Gasteiger charge is 2.20. The molecule has 5 nitrogen and oxygen atoms in total. The SMILES string of the molecule is Cc1cc(-c2nccn2-c2cccc3c2CCO3)on1. The molecular formula is C15H13N3O2. The number of imidazole rings is 1. The smallest absolute Gasteiger partial charge is 0.202 e. The lowest BCUT2D eigenvalue weighted by Gasteiger charge is -2.09. The molecule has 1 aliphatic rings. The Labute approximate surface area is 115 Å². The quantitative estimate of drug-likeness (QED) is 0.716. The Morgan fingerprint density at radius 1 is 1.30 bits per heavy atom. The Morgan fingerprint density at radius 3 is 3.10 bits per heavy atom. The molecule has 0 spiro atoms. The van der Waals surface area contributed by atoms with E-state index in [1.54, 1.807) is 6.20 Å². The van der Waals surface area contributed by atoms with Crippen molar-refractivity contribution in [3.05, 3.63) is 47.9 Å². The van der Waals surface area contributed by atoms with E-state index in [4.69, 9.17) is 9.26 Å². The highest BCUT2D eigenvalue weighted by atomic mass is 16.5. The number of ether oxygens (including phenoxy) is 1. The highest BCUT2D eigenvalue weighted by molar-refractivity contribution is 5.58. The van der Waals surface area contributed by atoms with Crippen LogP contribution in [-0.2, 0) is 6.42 Å². The molecule has 2 aromatic heterocycles. The second-order valence-electron chi connectivity index (χ2n) is 4.81. The van der Waals surface area contributed by atoms with E-state index in [1.807, 2.05) is 35.9 Å². The Hall–Kier alpha value is -2.56. The summed E-state index contributed by atoms with van der Waals surface area (Å²) in [6, 6.07) is 7.95. The van der Waals surface area contributed by atoms with Crippen LogP contribution >= 0.6 is 0 Å². The monoisotopic (exact) mass is 267 g/mol. The van der Waals surface area contributed by atoms with Crippen LogP contribution in [0.2, 0.25) is 0 Å². The third-order valence-electron chi connectivity index (χ3n) is 3.47. The molecule has 4 rings (SSSR count). The van der Waals surface area contributed by atoms with Gasteiger partial charge in [-0.05, 0) is 19.1 Å². The van der Waals surface area contributed by atoms with Crippen LogP contribution in [0, 0.1) is 6.92 Å². The van der Waals surface area contributed by atoms with Crippen molar-refractivity contribution in [2.75, 3.05) is 6.61 Å². The summed E-state index contributed by atoms with van der Waals surface area (Å²) in [7, 11) is 0.